The standard InChI is InChI=1S/C15H31NO5/c1-2-3-4-5-6-7-8-16-11-10(9-17)12(18)14(20)15(21)13(11)19/h10-21H,2-9H2,1H3/t10-,11-,12+,13+,14-,15-/m0/s1. The summed E-state index contributed by atoms with van der Waals surface area (Å²) in [5, 5.41) is 51.7. The second kappa shape index (κ2) is 9.71. The Morgan fingerprint density at radius 2 is 1.33 bits per heavy atom. The number of aliphatic hydroxyl groups excluding tert-OH is 5. The van der Waals surface area contributed by atoms with E-state index in [-0.39, 0.29) is 6.61 Å². The fourth-order valence-corrected chi connectivity index (χ4v) is 3.00. The van der Waals surface area contributed by atoms with Crippen molar-refractivity contribution < 1.29 is 25.5 Å². The van der Waals surface area contributed by atoms with Gasteiger partial charge >= 0.3 is 0 Å². The summed E-state index contributed by atoms with van der Waals surface area (Å²) >= 11 is 0. The first kappa shape index (κ1) is 18.8. The van der Waals surface area contributed by atoms with Gasteiger partial charge in [0.1, 0.15) is 12.2 Å². The van der Waals surface area contributed by atoms with E-state index in [1.807, 2.05) is 0 Å². The SMILES string of the molecule is CCCCCCCCN[C@@H]1[C@@H](O)[C@H](O)[C@@H](O)[C@H](O)[C@H]1CO. The summed E-state index contributed by atoms with van der Waals surface area (Å²) in [6.07, 6.45) is 1.64. The van der Waals surface area contributed by atoms with Gasteiger partial charge in [0.2, 0.25) is 0 Å². The molecule has 6 heteroatoms. The molecule has 0 unspecified atom stereocenters. The molecule has 0 amide bonds. The molecule has 1 saturated carbocycles. The van der Waals surface area contributed by atoms with E-state index in [1.54, 1.807) is 0 Å². The zero-order chi connectivity index (χ0) is 15.8. The van der Waals surface area contributed by atoms with Crippen LogP contribution in [0.2, 0.25) is 0 Å². The van der Waals surface area contributed by atoms with Gasteiger partial charge in [0, 0.05) is 12.0 Å². The topological polar surface area (TPSA) is 113 Å². The largest absolute Gasteiger partial charge is 0.396 e. The number of aliphatic hydroxyl groups is 5. The van der Waals surface area contributed by atoms with Gasteiger partial charge in [0.05, 0.1) is 18.8 Å². The van der Waals surface area contributed by atoms with Gasteiger partial charge in [-0.2, -0.15) is 0 Å². The van der Waals surface area contributed by atoms with Crippen LogP contribution in [0.1, 0.15) is 45.4 Å². The second-order valence-electron chi connectivity index (χ2n) is 6.06. The highest BCUT2D eigenvalue weighted by atomic mass is 16.4. The molecule has 0 aromatic rings. The molecule has 0 aromatic heterocycles. The van der Waals surface area contributed by atoms with Crippen molar-refractivity contribution in [3.8, 4) is 0 Å². The van der Waals surface area contributed by atoms with Crippen LogP contribution in [0, 0.1) is 5.92 Å². The lowest BCUT2D eigenvalue weighted by atomic mass is 9.77. The average Bonchev–Trinajstić information content (AvgIpc) is 2.49. The fraction of sp³-hybridized carbons (Fsp3) is 1.00. The third kappa shape index (κ3) is 5.16. The zero-order valence-corrected chi connectivity index (χ0v) is 12.9. The van der Waals surface area contributed by atoms with Crippen molar-refractivity contribution in [2.75, 3.05) is 13.2 Å². The monoisotopic (exact) mass is 305 g/mol. The van der Waals surface area contributed by atoms with Crippen molar-refractivity contribution in [3.63, 3.8) is 0 Å². The summed E-state index contributed by atoms with van der Waals surface area (Å²) in [5.41, 5.74) is 0. The Bertz CT molecular complexity index is 279. The normalized spacial score (nSPS) is 36.9. The Morgan fingerprint density at radius 1 is 0.762 bits per heavy atom. The van der Waals surface area contributed by atoms with E-state index in [0.29, 0.717) is 6.54 Å². The number of unbranched alkanes of at least 4 members (excludes halogenated alkanes) is 5. The molecule has 0 aromatic carbocycles. The van der Waals surface area contributed by atoms with Gasteiger partial charge in [0.15, 0.2) is 0 Å². The molecule has 1 aliphatic carbocycles. The molecule has 0 spiro atoms. The first-order valence-electron chi connectivity index (χ1n) is 8.11. The van der Waals surface area contributed by atoms with Crippen LogP contribution >= 0.6 is 0 Å². The van der Waals surface area contributed by atoms with Crippen molar-refractivity contribution in [1.82, 2.24) is 5.32 Å². The van der Waals surface area contributed by atoms with Crippen LogP contribution in [-0.2, 0) is 0 Å². The minimum absolute atomic E-state index is 0.351. The predicted octanol–water partition coefficient (Wildman–Crippen LogP) is -0.629. The molecule has 6 nitrogen and oxygen atoms in total. The molecule has 0 bridgehead atoms. The molecular weight excluding hydrogens is 274 g/mol. The Balaban J connectivity index is 2.36. The molecule has 6 N–H and O–H groups in total. The van der Waals surface area contributed by atoms with E-state index >= 15 is 0 Å². The summed E-state index contributed by atoms with van der Waals surface area (Å²) in [7, 11) is 0. The lowest BCUT2D eigenvalue weighted by molar-refractivity contribution is -0.176. The minimum atomic E-state index is -1.43. The summed E-state index contributed by atoms with van der Waals surface area (Å²) in [5.74, 6) is -0.682. The maximum absolute atomic E-state index is 10.0. The third-order valence-electron chi connectivity index (χ3n) is 4.44. The molecule has 1 aliphatic rings. The van der Waals surface area contributed by atoms with Crippen molar-refractivity contribution in [3.05, 3.63) is 0 Å². The van der Waals surface area contributed by atoms with E-state index in [0.717, 1.165) is 12.8 Å². The fourth-order valence-electron chi connectivity index (χ4n) is 3.00. The highest BCUT2D eigenvalue weighted by molar-refractivity contribution is 5.01. The molecule has 0 saturated heterocycles. The van der Waals surface area contributed by atoms with E-state index in [1.165, 1.54) is 25.7 Å². The van der Waals surface area contributed by atoms with Crippen molar-refractivity contribution >= 4 is 0 Å². The third-order valence-corrected chi connectivity index (χ3v) is 4.44. The molecule has 126 valence electrons. The lowest BCUT2D eigenvalue weighted by Gasteiger charge is -2.44. The van der Waals surface area contributed by atoms with Gasteiger partial charge in [-0.1, -0.05) is 39.0 Å². The van der Waals surface area contributed by atoms with Gasteiger partial charge in [0.25, 0.3) is 0 Å². The summed E-state index contributed by atoms with van der Waals surface area (Å²) in [4.78, 5) is 0. The van der Waals surface area contributed by atoms with Crippen LogP contribution < -0.4 is 5.32 Å². The van der Waals surface area contributed by atoms with Crippen molar-refractivity contribution in [2.24, 2.45) is 5.92 Å². The van der Waals surface area contributed by atoms with Crippen LogP contribution in [0.5, 0.6) is 0 Å². The average molecular weight is 305 g/mol. The van der Waals surface area contributed by atoms with Gasteiger partial charge < -0.3 is 30.8 Å². The van der Waals surface area contributed by atoms with Crippen LogP contribution in [0.3, 0.4) is 0 Å². The van der Waals surface area contributed by atoms with Crippen LogP contribution in [0.25, 0.3) is 0 Å². The van der Waals surface area contributed by atoms with E-state index in [2.05, 4.69) is 12.2 Å². The number of hydrogen-bond acceptors (Lipinski definition) is 6. The maximum Gasteiger partial charge on any atom is 0.110 e. The van der Waals surface area contributed by atoms with Gasteiger partial charge in [-0.05, 0) is 13.0 Å². The van der Waals surface area contributed by atoms with Crippen LogP contribution in [0.4, 0.5) is 0 Å². The quantitative estimate of drug-likeness (QED) is 0.316. The molecule has 0 radical (unpaired) electrons. The Labute approximate surface area is 126 Å². The van der Waals surface area contributed by atoms with E-state index < -0.39 is 36.4 Å². The predicted molar refractivity (Wildman–Crippen MR) is 79.8 cm³/mol. The van der Waals surface area contributed by atoms with Crippen molar-refractivity contribution in [2.45, 2.75) is 75.9 Å². The second-order valence-corrected chi connectivity index (χ2v) is 6.06. The summed E-state index contributed by atoms with van der Waals surface area (Å²) in [6.45, 7) is 2.47. The van der Waals surface area contributed by atoms with E-state index in [4.69, 9.17) is 0 Å². The van der Waals surface area contributed by atoms with Gasteiger partial charge in [-0.3, -0.25) is 0 Å². The molecule has 6 atom stereocenters. The molecule has 21 heavy (non-hydrogen) atoms. The van der Waals surface area contributed by atoms with Gasteiger partial charge in [-0.15, -0.1) is 0 Å². The van der Waals surface area contributed by atoms with Crippen LogP contribution in [-0.4, -0.2) is 69.1 Å². The minimum Gasteiger partial charge on any atom is -0.396 e. The summed E-state index contributed by atoms with van der Waals surface area (Å²) in [6, 6.07) is -0.612. The molecular formula is C15H31NO5. The number of nitrogens with one attached hydrogen (secondary N) is 1. The smallest absolute Gasteiger partial charge is 0.110 e. The van der Waals surface area contributed by atoms with E-state index in [9.17, 15) is 25.5 Å². The summed E-state index contributed by atoms with van der Waals surface area (Å²) < 4.78 is 0. The zero-order valence-electron chi connectivity index (χ0n) is 12.9. The Morgan fingerprint density at radius 3 is 1.95 bits per heavy atom. The highest BCUT2D eigenvalue weighted by Gasteiger charge is 2.48. The molecule has 1 fully saturated rings. The lowest BCUT2D eigenvalue weighted by Crippen LogP contribution is -2.65. The van der Waals surface area contributed by atoms with Gasteiger partial charge in [-0.25, -0.2) is 0 Å². The Hall–Kier alpha value is -0.240. The van der Waals surface area contributed by atoms with Crippen molar-refractivity contribution in [1.29, 1.82) is 0 Å². The highest BCUT2D eigenvalue weighted by Crippen LogP contribution is 2.26. The molecule has 1 rings (SSSR count). The number of rotatable bonds is 9. The molecule has 0 heterocycles. The Kier molecular flexibility index (Phi) is 8.70. The maximum atomic E-state index is 10.0. The first-order chi connectivity index (χ1) is 10.0. The first-order valence-corrected chi connectivity index (χ1v) is 8.11. The molecule has 0 aliphatic heterocycles. The van der Waals surface area contributed by atoms with Crippen LogP contribution in [0.15, 0.2) is 0 Å². The number of hydrogen-bond donors (Lipinski definition) is 6.